The topological polar surface area (TPSA) is 87.1 Å². The highest BCUT2D eigenvalue weighted by molar-refractivity contribution is 9.11. The number of rotatable bonds is 7. The predicted molar refractivity (Wildman–Crippen MR) is 146 cm³/mol. The van der Waals surface area contributed by atoms with Crippen molar-refractivity contribution >= 4 is 49.4 Å². The Morgan fingerprint density at radius 1 is 0.889 bits per heavy atom. The van der Waals surface area contributed by atoms with Crippen molar-refractivity contribution in [2.24, 2.45) is 0 Å². The Balaban J connectivity index is 1.68. The van der Waals surface area contributed by atoms with Crippen molar-refractivity contribution in [3.05, 3.63) is 105 Å². The highest BCUT2D eigenvalue weighted by Crippen LogP contribution is 2.42. The number of nitrogens with zero attached hydrogens (tertiary/aromatic N) is 1. The summed E-state index contributed by atoms with van der Waals surface area (Å²) >= 11 is 7.00. The molecule has 4 rings (SSSR count). The number of carboxylic acids is 1. The molecule has 36 heavy (non-hydrogen) atoms. The standard InChI is InChI=1S/C28H21Br2NO5/c1-17-7-5-6-10-21(17)28(35)31(16-26(33)34)19-13-23(29)27(24(30)14-19)36-20-11-12-25(32)22(15-20)18-8-3-2-4-9-18/h2-15,32H,16H2,1H3,(H,33,34). The van der Waals surface area contributed by atoms with Crippen LogP contribution in [0.3, 0.4) is 0 Å². The monoisotopic (exact) mass is 609 g/mol. The molecule has 0 heterocycles. The number of carbonyl (C=O) groups is 2. The Hall–Kier alpha value is -3.62. The molecule has 0 saturated heterocycles. The predicted octanol–water partition coefficient (Wildman–Crippen LogP) is 7.42. The van der Waals surface area contributed by atoms with Crippen LogP contribution in [0.4, 0.5) is 5.69 Å². The maximum absolute atomic E-state index is 13.3. The van der Waals surface area contributed by atoms with Gasteiger partial charge in [0.1, 0.15) is 18.0 Å². The highest BCUT2D eigenvalue weighted by Gasteiger charge is 2.24. The molecule has 0 spiro atoms. The zero-order valence-electron chi connectivity index (χ0n) is 19.1. The lowest BCUT2D eigenvalue weighted by atomic mass is 10.0. The van der Waals surface area contributed by atoms with Gasteiger partial charge in [-0.15, -0.1) is 0 Å². The molecule has 182 valence electrons. The molecule has 0 aliphatic carbocycles. The number of aryl methyl sites for hydroxylation is 1. The van der Waals surface area contributed by atoms with Gasteiger partial charge >= 0.3 is 5.97 Å². The number of phenols is 1. The van der Waals surface area contributed by atoms with E-state index in [0.717, 1.165) is 11.1 Å². The number of carbonyl (C=O) groups excluding carboxylic acids is 1. The van der Waals surface area contributed by atoms with Crippen LogP contribution in [0.15, 0.2) is 93.9 Å². The SMILES string of the molecule is Cc1ccccc1C(=O)N(CC(=O)O)c1cc(Br)c(Oc2ccc(O)c(-c3ccccc3)c2)c(Br)c1. The molecule has 0 unspecified atom stereocenters. The third-order valence-electron chi connectivity index (χ3n) is 5.48. The molecule has 4 aromatic carbocycles. The van der Waals surface area contributed by atoms with Gasteiger partial charge in [-0.05, 0) is 86.3 Å². The number of anilines is 1. The number of phenolic OH excluding ortho intramolecular Hbond substituents is 1. The van der Waals surface area contributed by atoms with E-state index in [4.69, 9.17) is 4.74 Å². The van der Waals surface area contributed by atoms with E-state index >= 15 is 0 Å². The molecule has 0 saturated carbocycles. The van der Waals surface area contributed by atoms with Crippen LogP contribution in [-0.2, 0) is 4.79 Å². The summed E-state index contributed by atoms with van der Waals surface area (Å²) in [6.07, 6.45) is 0. The fraction of sp³-hybridized carbons (Fsp3) is 0.0714. The minimum atomic E-state index is -1.14. The van der Waals surface area contributed by atoms with Gasteiger partial charge in [-0.1, -0.05) is 48.5 Å². The first-order valence-electron chi connectivity index (χ1n) is 10.9. The quantitative estimate of drug-likeness (QED) is 0.227. The fourth-order valence-corrected chi connectivity index (χ4v) is 5.04. The van der Waals surface area contributed by atoms with Gasteiger partial charge in [-0.3, -0.25) is 14.5 Å². The van der Waals surface area contributed by atoms with Gasteiger partial charge < -0.3 is 14.9 Å². The number of hydrogen-bond acceptors (Lipinski definition) is 4. The van der Waals surface area contributed by atoms with Crippen LogP contribution in [-0.4, -0.2) is 28.6 Å². The van der Waals surface area contributed by atoms with Crippen molar-refractivity contribution in [1.29, 1.82) is 0 Å². The number of carboxylic acid groups (broad SMARTS) is 1. The number of aromatic hydroxyl groups is 1. The summed E-state index contributed by atoms with van der Waals surface area (Å²) in [4.78, 5) is 26.1. The molecule has 8 heteroatoms. The van der Waals surface area contributed by atoms with Crippen LogP contribution in [0.5, 0.6) is 17.2 Å². The molecule has 0 fully saturated rings. The van der Waals surface area contributed by atoms with E-state index in [1.54, 1.807) is 55.5 Å². The molecule has 0 aliphatic heterocycles. The second-order valence-corrected chi connectivity index (χ2v) is 9.69. The average molecular weight is 611 g/mol. The van der Waals surface area contributed by atoms with Gasteiger partial charge in [-0.25, -0.2) is 0 Å². The molecule has 0 atom stereocenters. The van der Waals surface area contributed by atoms with E-state index in [2.05, 4.69) is 31.9 Å². The minimum Gasteiger partial charge on any atom is -0.507 e. The first-order chi connectivity index (χ1) is 17.2. The number of amides is 1. The van der Waals surface area contributed by atoms with Crippen LogP contribution >= 0.6 is 31.9 Å². The lowest BCUT2D eigenvalue weighted by Gasteiger charge is -2.23. The molecule has 6 nitrogen and oxygen atoms in total. The zero-order chi connectivity index (χ0) is 25.8. The first-order valence-corrected chi connectivity index (χ1v) is 12.5. The Labute approximate surface area is 225 Å². The zero-order valence-corrected chi connectivity index (χ0v) is 22.3. The largest absolute Gasteiger partial charge is 0.507 e. The van der Waals surface area contributed by atoms with E-state index in [1.807, 2.05) is 36.4 Å². The van der Waals surface area contributed by atoms with Crippen molar-refractivity contribution in [1.82, 2.24) is 0 Å². The normalized spacial score (nSPS) is 10.6. The number of halogens is 2. The summed E-state index contributed by atoms with van der Waals surface area (Å²) in [5, 5.41) is 19.8. The molecule has 2 N–H and O–H groups in total. The van der Waals surface area contributed by atoms with Crippen LogP contribution in [0.2, 0.25) is 0 Å². The fourth-order valence-electron chi connectivity index (χ4n) is 3.72. The summed E-state index contributed by atoms with van der Waals surface area (Å²) in [6, 6.07) is 24.7. The van der Waals surface area contributed by atoms with E-state index in [0.29, 0.717) is 37.3 Å². The summed E-state index contributed by atoms with van der Waals surface area (Å²) in [6.45, 7) is 1.29. The Bertz CT molecular complexity index is 1420. The van der Waals surface area contributed by atoms with Crippen LogP contribution < -0.4 is 9.64 Å². The minimum absolute atomic E-state index is 0.126. The average Bonchev–Trinajstić information content (AvgIpc) is 2.86. The lowest BCUT2D eigenvalue weighted by molar-refractivity contribution is -0.135. The van der Waals surface area contributed by atoms with Crippen LogP contribution in [0.25, 0.3) is 11.1 Å². The molecule has 0 bridgehead atoms. The van der Waals surface area contributed by atoms with Gasteiger partial charge in [-0.2, -0.15) is 0 Å². The summed E-state index contributed by atoms with van der Waals surface area (Å²) < 4.78 is 7.13. The van der Waals surface area contributed by atoms with Crippen molar-refractivity contribution in [3.63, 3.8) is 0 Å². The summed E-state index contributed by atoms with van der Waals surface area (Å²) in [5.74, 6) is -0.515. The summed E-state index contributed by atoms with van der Waals surface area (Å²) in [5.41, 5.74) is 3.01. The van der Waals surface area contributed by atoms with Crippen molar-refractivity contribution in [2.75, 3.05) is 11.4 Å². The Morgan fingerprint density at radius 3 is 2.17 bits per heavy atom. The molecule has 1 amide bonds. The molecule has 0 aromatic heterocycles. The molecular weight excluding hydrogens is 590 g/mol. The third kappa shape index (κ3) is 5.61. The van der Waals surface area contributed by atoms with Gasteiger partial charge in [0.25, 0.3) is 5.91 Å². The summed E-state index contributed by atoms with van der Waals surface area (Å²) in [7, 11) is 0. The third-order valence-corrected chi connectivity index (χ3v) is 6.66. The van der Waals surface area contributed by atoms with Crippen LogP contribution in [0.1, 0.15) is 15.9 Å². The Morgan fingerprint density at radius 2 is 1.53 bits per heavy atom. The van der Waals surface area contributed by atoms with Gasteiger partial charge in [0.15, 0.2) is 5.75 Å². The number of benzene rings is 4. The maximum atomic E-state index is 13.3. The lowest BCUT2D eigenvalue weighted by Crippen LogP contribution is -2.36. The van der Waals surface area contributed by atoms with E-state index in [-0.39, 0.29) is 5.75 Å². The second-order valence-electron chi connectivity index (χ2n) is 7.99. The number of ether oxygens (including phenoxy) is 1. The Kier molecular flexibility index (Phi) is 7.76. The number of aliphatic carboxylic acids is 1. The first kappa shape index (κ1) is 25.5. The molecular formula is C28H21Br2NO5. The van der Waals surface area contributed by atoms with E-state index < -0.39 is 18.4 Å². The number of hydrogen-bond donors (Lipinski definition) is 2. The van der Waals surface area contributed by atoms with E-state index in [1.165, 1.54) is 4.90 Å². The van der Waals surface area contributed by atoms with Crippen molar-refractivity contribution < 1.29 is 24.5 Å². The molecule has 0 radical (unpaired) electrons. The van der Waals surface area contributed by atoms with Gasteiger partial charge in [0.05, 0.1) is 8.95 Å². The highest BCUT2D eigenvalue weighted by atomic mass is 79.9. The van der Waals surface area contributed by atoms with Gasteiger partial charge in [0, 0.05) is 16.8 Å². The second kappa shape index (κ2) is 11.0. The van der Waals surface area contributed by atoms with Crippen molar-refractivity contribution in [3.8, 4) is 28.4 Å². The maximum Gasteiger partial charge on any atom is 0.323 e. The van der Waals surface area contributed by atoms with Gasteiger partial charge in [0.2, 0.25) is 0 Å². The smallest absolute Gasteiger partial charge is 0.323 e. The molecule has 4 aromatic rings. The van der Waals surface area contributed by atoms with Crippen LogP contribution in [0, 0.1) is 6.92 Å². The van der Waals surface area contributed by atoms with E-state index in [9.17, 15) is 19.8 Å². The van der Waals surface area contributed by atoms with Crippen molar-refractivity contribution in [2.45, 2.75) is 6.92 Å². The molecule has 0 aliphatic rings.